The van der Waals surface area contributed by atoms with Crippen LogP contribution in [0.1, 0.15) is 31.2 Å². The number of hydrogen-bond acceptors (Lipinski definition) is 3. The fourth-order valence-corrected chi connectivity index (χ4v) is 3.59. The zero-order chi connectivity index (χ0) is 17.5. The zero-order valence-corrected chi connectivity index (χ0v) is 18.1. The molecule has 1 saturated carbocycles. The first-order valence-electron chi connectivity index (χ1n) is 9.25. The quantitative estimate of drug-likeness (QED) is 0.389. The van der Waals surface area contributed by atoms with Crippen molar-refractivity contribution in [3.05, 3.63) is 42.1 Å². The molecule has 1 aromatic carbocycles. The van der Waals surface area contributed by atoms with Crippen molar-refractivity contribution in [2.45, 2.75) is 38.3 Å². The molecule has 0 spiro atoms. The van der Waals surface area contributed by atoms with Gasteiger partial charge >= 0.3 is 0 Å². The second-order valence-corrected chi connectivity index (χ2v) is 6.76. The number of halogens is 1. The second kappa shape index (κ2) is 10.7. The lowest BCUT2D eigenvalue weighted by Gasteiger charge is -2.24. The number of guanidine groups is 1. The predicted octanol–water partition coefficient (Wildman–Crippen LogP) is 3.39. The number of aliphatic imine (C=N–C) groups is 1. The van der Waals surface area contributed by atoms with Gasteiger partial charge in [-0.2, -0.15) is 0 Å². The SMILES string of the molecule is CN=C(NCCN(C)C1CCCC1)NCc1ccnc2ccccc12.I. The van der Waals surface area contributed by atoms with Gasteiger partial charge in [-0.3, -0.25) is 9.98 Å². The summed E-state index contributed by atoms with van der Waals surface area (Å²) in [6.45, 7) is 2.69. The van der Waals surface area contributed by atoms with Crippen LogP contribution in [-0.4, -0.2) is 49.1 Å². The fraction of sp³-hybridized carbons (Fsp3) is 0.500. The molecule has 0 unspecified atom stereocenters. The van der Waals surface area contributed by atoms with Crippen molar-refractivity contribution in [2.24, 2.45) is 4.99 Å². The van der Waals surface area contributed by atoms with E-state index >= 15 is 0 Å². The van der Waals surface area contributed by atoms with E-state index in [4.69, 9.17) is 0 Å². The third-order valence-corrected chi connectivity index (χ3v) is 5.11. The molecule has 5 nitrogen and oxygen atoms in total. The third kappa shape index (κ3) is 5.54. The summed E-state index contributed by atoms with van der Waals surface area (Å²) in [7, 11) is 4.05. The van der Waals surface area contributed by atoms with Gasteiger partial charge in [-0.15, -0.1) is 24.0 Å². The summed E-state index contributed by atoms with van der Waals surface area (Å²) in [5, 5.41) is 8.03. The van der Waals surface area contributed by atoms with Crippen molar-refractivity contribution >= 4 is 40.8 Å². The maximum atomic E-state index is 4.42. The molecule has 26 heavy (non-hydrogen) atoms. The van der Waals surface area contributed by atoms with Crippen molar-refractivity contribution in [2.75, 3.05) is 27.2 Å². The van der Waals surface area contributed by atoms with Gasteiger partial charge < -0.3 is 15.5 Å². The number of hydrogen-bond donors (Lipinski definition) is 2. The minimum atomic E-state index is 0. The molecule has 1 aliphatic carbocycles. The van der Waals surface area contributed by atoms with Crippen LogP contribution >= 0.6 is 24.0 Å². The molecule has 1 fully saturated rings. The summed E-state index contributed by atoms with van der Waals surface area (Å²) in [5.74, 6) is 0.848. The summed E-state index contributed by atoms with van der Waals surface area (Å²) in [6.07, 6.45) is 7.32. The van der Waals surface area contributed by atoms with E-state index in [1.807, 2.05) is 25.4 Å². The molecule has 0 radical (unpaired) electrons. The highest BCUT2D eigenvalue weighted by Gasteiger charge is 2.18. The van der Waals surface area contributed by atoms with Crippen LogP contribution in [0.3, 0.4) is 0 Å². The van der Waals surface area contributed by atoms with E-state index in [-0.39, 0.29) is 24.0 Å². The molecule has 1 aromatic heterocycles. The zero-order valence-electron chi connectivity index (χ0n) is 15.7. The van der Waals surface area contributed by atoms with Gasteiger partial charge in [0.05, 0.1) is 5.52 Å². The van der Waals surface area contributed by atoms with Crippen LogP contribution in [0, 0.1) is 0 Å². The van der Waals surface area contributed by atoms with Crippen molar-refractivity contribution in [3.8, 4) is 0 Å². The Labute approximate surface area is 173 Å². The van der Waals surface area contributed by atoms with E-state index in [2.05, 4.69) is 50.8 Å². The normalized spacial score (nSPS) is 15.3. The predicted molar refractivity (Wildman–Crippen MR) is 120 cm³/mol. The monoisotopic (exact) mass is 467 g/mol. The van der Waals surface area contributed by atoms with Gasteiger partial charge in [0.25, 0.3) is 0 Å². The third-order valence-electron chi connectivity index (χ3n) is 5.11. The molecular weight excluding hydrogens is 437 g/mol. The van der Waals surface area contributed by atoms with Gasteiger partial charge in [-0.05, 0) is 37.6 Å². The number of rotatable bonds is 6. The van der Waals surface area contributed by atoms with E-state index in [0.29, 0.717) is 0 Å². The molecule has 0 amide bonds. The largest absolute Gasteiger partial charge is 0.355 e. The topological polar surface area (TPSA) is 52.6 Å². The van der Waals surface area contributed by atoms with Crippen LogP contribution < -0.4 is 10.6 Å². The Morgan fingerprint density at radius 2 is 1.96 bits per heavy atom. The van der Waals surface area contributed by atoms with Crippen LogP contribution in [0.2, 0.25) is 0 Å². The van der Waals surface area contributed by atoms with Crippen LogP contribution in [0.15, 0.2) is 41.5 Å². The number of para-hydroxylation sites is 1. The number of aromatic nitrogens is 1. The molecule has 2 N–H and O–H groups in total. The van der Waals surface area contributed by atoms with Crippen molar-refractivity contribution in [1.82, 2.24) is 20.5 Å². The van der Waals surface area contributed by atoms with Crippen molar-refractivity contribution in [3.63, 3.8) is 0 Å². The Morgan fingerprint density at radius 3 is 2.73 bits per heavy atom. The van der Waals surface area contributed by atoms with Gasteiger partial charge in [-0.25, -0.2) is 0 Å². The van der Waals surface area contributed by atoms with Gasteiger partial charge in [0.15, 0.2) is 5.96 Å². The highest BCUT2D eigenvalue weighted by Crippen LogP contribution is 2.21. The Balaban J connectivity index is 0.00000243. The van der Waals surface area contributed by atoms with Crippen molar-refractivity contribution < 1.29 is 0 Å². The van der Waals surface area contributed by atoms with Gasteiger partial charge in [-0.1, -0.05) is 31.0 Å². The second-order valence-electron chi connectivity index (χ2n) is 6.76. The molecule has 0 aliphatic heterocycles. The molecule has 0 saturated heterocycles. The Bertz CT molecular complexity index is 707. The first kappa shape index (κ1) is 20.9. The lowest BCUT2D eigenvalue weighted by atomic mass is 10.1. The molecular formula is C20H30IN5. The average Bonchev–Trinajstić information content (AvgIpc) is 3.19. The number of likely N-dealkylation sites (N-methyl/N-ethyl adjacent to an activating group) is 1. The van der Waals surface area contributed by atoms with Gasteiger partial charge in [0.2, 0.25) is 0 Å². The number of nitrogens with one attached hydrogen (secondary N) is 2. The smallest absolute Gasteiger partial charge is 0.191 e. The minimum Gasteiger partial charge on any atom is -0.355 e. The minimum absolute atomic E-state index is 0. The molecule has 0 atom stereocenters. The lowest BCUT2D eigenvalue weighted by molar-refractivity contribution is 0.249. The molecule has 1 heterocycles. The van der Waals surface area contributed by atoms with Crippen molar-refractivity contribution in [1.29, 1.82) is 0 Å². The Kier molecular flexibility index (Phi) is 8.58. The fourth-order valence-electron chi connectivity index (χ4n) is 3.59. The number of benzene rings is 1. The highest BCUT2D eigenvalue weighted by atomic mass is 127. The summed E-state index contributed by atoms with van der Waals surface area (Å²) in [6, 6.07) is 11.1. The van der Waals surface area contributed by atoms with Crippen LogP contribution in [0.4, 0.5) is 0 Å². The summed E-state index contributed by atoms with van der Waals surface area (Å²) in [4.78, 5) is 11.2. The van der Waals surface area contributed by atoms with E-state index in [9.17, 15) is 0 Å². The van der Waals surface area contributed by atoms with E-state index < -0.39 is 0 Å². The first-order valence-corrected chi connectivity index (χ1v) is 9.25. The summed E-state index contributed by atoms with van der Waals surface area (Å²) in [5.41, 5.74) is 2.26. The number of nitrogens with zero attached hydrogens (tertiary/aromatic N) is 3. The molecule has 3 rings (SSSR count). The Morgan fingerprint density at radius 1 is 1.19 bits per heavy atom. The number of fused-ring (bicyclic) bond motifs is 1. The summed E-state index contributed by atoms with van der Waals surface area (Å²) < 4.78 is 0. The van der Waals surface area contributed by atoms with E-state index in [1.54, 1.807) is 0 Å². The molecule has 2 aromatic rings. The molecule has 6 heteroatoms. The average molecular weight is 467 g/mol. The van der Waals surface area contributed by atoms with E-state index in [0.717, 1.165) is 37.2 Å². The van der Waals surface area contributed by atoms with Crippen LogP contribution in [0.25, 0.3) is 10.9 Å². The highest BCUT2D eigenvalue weighted by molar-refractivity contribution is 14.0. The molecule has 142 valence electrons. The van der Waals surface area contributed by atoms with E-state index in [1.165, 1.54) is 36.6 Å². The van der Waals surface area contributed by atoms with Gasteiger partial charge in [0.1, 0.15) is 0 Å². The maximum absolute atomic E-state index is 4.42. The lowest BCUT2D eigenvalue weighted by Crippen LogP contribution is -2.42. The summed E-state index contributed by atoms with van der Waals surface area (Å²) >= 11 is 0. The Hall–Kier alpha value is -1.41. The molecule has 1 aliphatic rings. The maximum Gasteiger partial charge on any atom is 0.191 e. The van der Waals surface area contributed by atoms with Crippen LogP contribution in [-0.2, 0) is 6.54 Å². The molecule has 0 bridgehead atoms. The van der Waals surface area contributed by atoms with Crippen LogP contribution in [0.5, 0.6) is 0 Å². The first-order chi connectivity index (χ1) is 12.3. The standard InChI is InChI=1S/C20H29N5.HI/c1-21-20(23-13-14-25(2)17-7-3-4-8-17)24-15-16-11-12-22-19-10-6-5-9-18(16)19;/h5-6,9-12,17H,3-4,7-8,13-15H2,1-2H3,(H2,21,23,24);1H. The van der Waals surface area contributed by atoms with Gasteiger partial charge in [0, 0.05) is 44.3 Å². The number of pyridine rings is 1.